The fraction of sp³-hybridized carbons (Fsp3) is 0.500. The lowest BCUT2D eigenvalue weighted by Gasteiger charge is -2.52. The van der Waals surface area contributed by atoms with Crippen molar-refractivity contribution in [3.63, 3.8) is 0 Å². The maximum atomic E-state index is 6.21. The van der Waals surface area contributed by atoms with E-state index in [1.54, 1.807) is 7.11 Å². The second-order valence-corrected chi connectivity index (χ2v) is 5.55. The fourth-order valence-corrected chi connectivity index (χ4v) is 3.31. The summed E-state index contributed by atoms with van der Waals surface area (Å²) >= 11 is 5.48. The highest BCUT2D eigenvalue weighted by Crippen LogP contribution is 2.43. The van der Waals surface area contributed by atoms with E-state index in [9.17, 15) is 0 Å². The number of rotatable bonds is 3. The molecule has 0 unspecified atom stereocenters. The molecule has 2 aliphatic heterocycles. The summed E-state index contributed by atoms with van der Waals surface area (Å²) in [5.41, 5.74) is 0.800. The van der Waals surface area contributed by atoms with Gasteiger partial charge in [0.2, 0.25) is 0 Å². The van der Waals surface area contributed by atoms with Gasteiger partial charge < -0.3 is 19.7 Å². The van der Waals surface area contributed by atoms with Crippen LogP contribution >= 0.6 is 12.2 Å². The average Bonchev–Trinajstić information content (AvgIpc) is 2.37. The van der Waals surface area contributed by atoms with Gasteiger partial charge in [0, 0.05) is 25.6 Å². The molecule has 102 valence electrons. The van der Waals surface area contributed by atoms with Crippen molar-refractivity contribution in [2.24, 2.45) is 0 Å². The molecule has 0 aliphatic carbocycles. The van der Waals surface area contributed by atoms with E-state index in [2.05, 4.69) is 23.2 Å². The Morgan fingerprint density at radius 1 is 1.53 bits per heavy atom. The van der Waals surface area contributed by atoms with Crippen molar-refractivity contribution in [1.82, 2.24) is 10.2 Å². The van der Waals surface area contributed by atoms with Crippen LogP contribution in [0.15, 0.2) is 24.3 Å². The van der Waals surface area contributed by atoms with Crippen molar-refractivity contribution < 1.29 is 9.47 Å². The van der Waals surface area contributed by atoms with E-state index >= 15 is 0 Å². The van der Waals surface area contributed by atoms with Crippen LogP contribution in [0.5, 0.6) is 5.75 Å². The van der Waals surface area contributed by atoms with E-state index in [0.717, 1.165) is 23.8 Å². The third-order valence-electron chi connectivity index (χ3n) is 3.84. The SMILES string of the molecule is COCCN1C(=S)N[C@H]2C[C@@]1(C)Oc1ccccc12. The summed E-state index contributed by atoms with van der Waals surface area (Å²) in [5.74, 6) is 0.943. The molecule has 3 rings (SSSR count). The van der Waals surface area contributed by atoms with Crippen LogP contribution in [0.25, 0.3) is 0 Å². The summed E-state index contributed by atoms with van der Waals surface area (Å²) in [6, 6.07) is 8.39. The number of ether oxygens (including phenoxy) is 2. The molecule has 0 radical (unpaired) electrons. The number of nitrogens with one attached hydrogen (secondary N) is 1. The lowest BCUT2D eigenvalue weighted by Crippen LogP contribution is -2.65. The minimum absolute atomic E-state index is 0.237. The standard InChI is InChI=1S/C14H18N2O2S/c1-14-9-11(10-5-3-4-6-12(10)18-14)15-13(19)16(14)7-8-17-2/h3-6,11H,7-9H2,1-2H3,(H,15,19)/t11-,14+/m0/s1. The van der Waals surface area contributed by atoms with Crippen molar-refractivity contribution in [2.45, 2.75) is 25.1 Å². The van der Waals surface area contributed by atoms with Crippen molar-refractivity contribution in [3.05, 3.63) is 29.8 Å². The first-order chi connectivity index (χ1) is 9.14. The predicted molar refractivity (Wildman–Crippen MR) is 77.1 cm³/mol. The maximum Gasteiger partial charge on any atom is 0.184 e. The Kier molecular flexibility index (Phi) is 3.11. The summed E-state index contributed by atoms with van der Waals surface area (Å²) in [5, 5.41) is 4.15. The summed E-state index contributed by atoms with van der Waals surface area (Å²) in [6.07, 6.45) is 0.883. The Labute approximate surface area is 118 Å². The third kappa shape index (κ3) is 2.07. The van der Waals surface area contributed by atoms with E-state index in [0.29, 0.717) is 6.61 Å². The van der Waals surface area contributed by atoms with Crippen molar-refractivity contribution in [2.75, 3.05) is 20.3 Å². The predicted octanol–water partition coefficient (Wildman–Crippen LogP) is 2.06. The quantitative estimate of drug-likeness (QED) is 0.856. The van der Waals surface area contributed by atoms with Crippen LogP contribution in [-0.2, 0) is 4.74 Å². The molecular formula is C14H18N2O2S. The zero-order valence-corrected chi connectivity index (χ0v) is 12.0. The highest BCUT2D eigenvalue weighted by atomic mass is 32.1. The molecule has 0 saturated carbocycles. The molecule has 0 amide bonds. The summed E-state index contributed by atoms with van der Waals surface area (Å²) in [7, 11) is 1.70. The number of hydrogen-bond acceptors (Lipinski definition) is 3. The molecule has 0 spiro atoms. The molecular weight excluding hydrogens is 260 g/mol. The Morgan fingerprint density at radius 2 is 2.32 bits per heavy atom. The van der Waals surface area contributed by atoms with Gasteiger partial charge in [-0.3, -0.25) is 0 Å². The molecule has 0 aromatic heterocycles. The lowest BCUT2D eigenvalue weighted by atomic mass is 9.91. The van der Waals surface area contributed by atoms with Gasteiger partial charge in [0.25, 0.3) is 0 Å². The Balaban J connectivity index is 1.94. The van der Waals surface area contributed by atoms with E-state index in [4.69, 9.17) is 21.7 Å². The molecule has 1 saturated heterocycles. The van der Waals surface area contributed by atoms with Crippen LogP contribution in [0.2, 0.25) is 0 Å². The van der Waals surface area contributed by atoms with Crippen molar-refractivity contribution in [1.29, 1.82) is 0 Å². The first-order valence-electron chi connectivity index (χ1n) is 6.49. The van der Waals surface area contributed by atoms with E-state index in [-0.39, 0.29) is 11.8 Å². The Hall–Kier alpha value is -1.33. The first kappa shape index (κ1) is 12.7. The molecule has 2 aliphatic rings. The van der Waals surface area contributed by atoms with E-state index in [1.165, 1.54) is 5.56 Å². The number of benzene rings is 1. The fourth-order valence-electron chi connectivity index (χ4n) is 2.89. The number of thiocarbonyl (C=S) groups is 1. The van der Waals surface area contributed by atoms with Gasteiger partial charge in [-0.05, 0) is 25.2 Å². The number of para-hydroxylation sites is 1. The minimum Gasteiger partial charge on any atom is -0.468 e. The second kappa shape index (κ2) is 4.65. The highest BCUT2D eigenvalue weighted by Gasteiger charge is 2.47. The van der Waals surface area contributed by atoms with Gasteiger partial charge in [-0.25, -0.2) is 0 Å². The zero-order chi connectivity index (χ0) is 13.5. The Morgan fingerprint density at radius 3 is 3.11 bits per heavy atom. The van der Waals surface area contributed by atoms with Gasteiger partial charge in [-0.15, -0.1) is 0 Å². The molecule has 1 fully saturated rings. The van der Waals surface area contributed by atoms with Crippen LogP contribution < -0.4 is 10.1 Å². The molecule has 19 heavy (non-hydrogen) atoms. The number of methoxy groups -OCH3 is 1. The zero-order valence-electron chi connectivity index (χ0n) is 11.2. The maximum absolute atomic E-state index is 6.21. The molecule has 1 aromatic rings. The largest absolute Gasteiger partial charge is 0.468 e. The molecule has 4 nitrogen and oxygen atoms in total. The molecule has 2 atom stereocenters. The van der Waals surface area contributed by atoms with Gasteiger partial charge in [0.15, 0.2) is 10.8 Å². The van der Waals surface area contributed by atoms with Crippen LogP contribution in [0.1, 0.15) is 24.9 Å². The average molecular weight is 278 g/mol. The Bertz CT molecular complexity index is 508. The highest BCUT2D eigenvalue weighted by molar-refractivity contribution is 7.80. The van der Waals surface area contributed by atoms with Crippen LogP contribution in [-0.4, -0.2) is 36.0 Å². The molecule has 2 heterocycles. The van der Waals surface area contributed by atoms with Gasteiger partial charge >= 0.3 is 0 Å². The minimum atomic E-state index is -0.389. The monoisotopic (exact) mass is 278 g/mol. The molecule has 5 heteroatoms. The van der Waals surface area contributed by atoms with E-state index in [1.807, 2.05) is 18.2 Å². The number of hydrogen-bond donors (Lipinski definition) is 1. The van der Waals surface area contributed by atoms with Gasteiger partial charge in [0.1, 0.15) is 5.75 Å². The topological polar surface area (TPSA) is 33.7 Å². The van der Waals surface area contributed by atoms with Gasteiger partial charge in [-0.1, -0.05) is 18.2 Å². The molecule has 2 bridgehead atoms. The van der Waals surface area contributed by atoms with E-state index < -0.39 is 0 Å². The normalized spacial score (nSPS) is 28.4. The number of nitrogens with zero attached hydrogens (tertiary/aromatic N) is 1. The smallest absolute Gasteiger partial charge is 0.184 e. The molecule has 1 N–H and O–H groups in total. The van der Waals surface area contributed by atoms with Crippen LogP contribution in [0.3, 0.4) is 0 Å². The summed E-state index contributed by atoms with van der Waals surface area (Å²) < 4.78 is 11.4. The second-order valence-electron chi connectivity index (χ2n) is 5.17. The lowest BCUT2D eigenvalue weighted by molar-refractivity contribution is -0.0740. The van der Waals surface area contributed by atoms with Crippen LogP contribution in [0.4, 0.5) is 0 Å². The van der Waals surface area contributed by atoms with Gasteiger partial charge in [0.05, 0.1) is 12.6 Å². The third-order valence-corrected chi connectivity index (χ3v) is 4.18. The number of fused-ring (bicyclic) bond motifs is 4. The molecule has 1 aromatic carbocycles. The van der Waals surface area contributed by atoms with Crippen LogP contribution in [0, 0.1) is 0 Å². The summed E-state index contributed by atoms with van der Waals surface area (Å²) in [4.78, 5) is 2.08. The van der Waals surface area contributed by atoms with Crippen molar-refractivity contribution in [3.8, 4) is 5.75 Å². The van der Waals surface area contributed by atoms with Crippen molar-refractivity contribution >= 4 is 17.3 Å². The van der Waals surface area contributed by atoms with Gasteiger partial charge in [-0.2, -0.15) is 0 Å². The first-order valence-corrected chi connectivity index (χ1v) is 6.90. The summed E-state index contributed by atoms with van der Waals surface area (Å²) in [6.45, 7) is 3.46.